The molecule has 0 bridgehead atoms. The first-order valence-electron chi connectivity index (χ1n) is 0.802. The first-order valence-corrected chi connectivity index (χ1v) is 24.6. The predicted molar refractivity (Wildman–Crippen MR) is 53.6 cm³/mol. The van der Waals surface area contributed by atoms with Gasteiger partial charge in [0.15, 0.2) is 0 Å². The van der Waals surface area contributed by atoms with Gasteiger partial charge in [-0.3, -0.25) is 0 Å². The van der Waals surface area contributed by atoms with Crippen LogP contribution in [0.2, 0.25) is 0 Å². The van der Waals surface area contributed by atoms with E-state index in [0.29, 0.717) is 0 Å². The fourth-order valence-corrected chi connectivity index (χ4v) is 0. The van der Waals surface area contributed by atoms with Gasteiger partial charge in [-0.15, -0.1) is 0 Å². The van der Waals surface area contributed by atoms with Gasteiger partial charge in [0.2, 0.25) is 0 Å². The minimum absolute atomic E-state index is 3.18. The number of hydrogen-bond donors (Lipinski definition) is 0. The van der Waals surface area contributed by atoms with Crippen molar-refractivity contribution < 1.29 is 0.665 Å². The zero-order chi connectivity index (χ0) is 6.41. The third-order valence-electron chi connectivity index (χ3n) is 0. The second-order valence-corrected chi connectivity index (χ2v) is 121. The van der Waals surface area contributed by atoms with E-state index in [1.807, 2.05) is 0 Å². The Morgan fingerprint density at radius 1 is 0.571 bits per heavy atom. The van der Waals surface area contributed by atoms with Crippen LogP contribution in [0.3, 0.4) is 0 Å². The Kier molecular flexibility index (Phi) is 3.01. The fourth-order valence-electron chi connectivity index (χ4n) is 0. The Balaban J connectivity index is 4.43. The molecule has 0 aliphatic heterocycles. The van der Waals surface area contributed by atoms with Gasteiger partial charge in [0.05, 0.1) is 0 Å². The van der Waals surface area contributed by atoms with Crippen LogP contribution in [0.4, 0.5) is 0 Å². The summed E-state index contributed by atoms with van der Waals surface area (Å²) in [5.74, 6) is 0. The molecule has 0 spiro atoms. The molecule has 0 aliphatic rings. The first-order chi connectivity index (χ1) is 2.45. The van der Waals surface area contributed by atoms with Gasteiger partial charge in [0, 0.05) is 0 Å². The van der Waals surface area contributed by atoms with Crippen molar-refractivity contribution in [2.45, 2.75) is 0 Å². The summed E-state index contributed by atoms with van der Waals surface area (Å²) < 4.78 is -3.18. The molecule has 0 atom stereocenters. The molecule has 0 radical (unpaired) electrons. The van der Waals surface area contributed by atoms with Crippen LogP contribution >= 0.6 is 81.7 Å². The SMILES string of the molecule is [Br][Ru-2]([Br])([Br])([Br])([Br])[Br]. The molecular formula is Br6Ru-2. The summed E-state index contributed by atoms with van der Waals surface area (Å²) in [5, 5.41) is 0. The topological polar surface area (TPSA) is 0 Å². The van der Waals surface area contributed by atoms with E-state index in [2.05, 4.69) is 81.7 Å². The van der Waals surface area contributed by atoms with Crippen LogP contribution in [-0.2, 0) is 0.665 Å². The molecule has 0 N–H and O–H groups in total. The van der Waals surface area contributed by atoms with Crippen molar-refractivity contribution in [2.75, 3.05) is 0 Å². The van der Waals surface area contributed by atoms with E-state index in [-0.39, 0.29) is 0 Å². The molecule has 7 heteroatoms. The van der Waals surface area contributed by atoms with Gasteiger partial charge in [-0.1, -0.05) is 0 Å². The summed E-state index contributed by atoms with van der Waals surface area (Å²) in [5.41, 5.74) is 0. The van der Waals surface area contributed by atoms with Crippen LogP contribution in [-0.4, -0.2) is 0 Å². The quantitative estimate of drug-likeness (QED) is 0.351. The molecule has 0 aromatic carbocycles. The second-order valence-electron chi connectivity index (χ2n) is 0.758. The first kappa shape index (κ1) is 10.5. The average Bonchev–Trinajstić information content (AvgIpc) is 0.592. The Labute approximate surface area is 80.4 Å². The minimum atomic E-state index is -3.18. The van der Waals surface area contributed by atoms with Crippen molar-refractivity contribution in [3.8, 4) is 0 Å². The van der Waals surface area contributed by atoms with E-state index in [1.54, 1.807) is 0 Å². The zero-order valence-electron chi connectivity index (χ0n) is 2.62. The summed E-state index contributed by atoms with van der Waals surface area (Å²) in [6.07, 6.45) is 0. The van der Waals surface area contributed by atoms with Gasteiger partial charge in [0.1, 0.15) is 0 Å². The Hall–Kier alpha value is 3.50. The van der Waals surface area contributed by atoms with E-state index in [1.165, 1.54) is 0 Å². The van der Waals surface area contributed by atoms with Crippen LogP contribution in [0.1, 0.15) is 0 Å². The molecule has 7 heavy (non-hydrogen) atoms. The summed E-state index contributed by atoms with van der Waals surface area (Å²) in [4.78, 5) is 0. The second kappa shape index (κ2) is 2.01. The average molecular weight is 580 g/mol. The van der Waals surface area contributed by atoms with Crippen LogP contribution in [0.15, 0.2) is 0 Å². The molecule has 0 aromatic heterocycles. The van der Waals surface area contributed by atoms with Crippen LogP contribution in [0, 0.1) is 0 Å². The van der Waals surface area contributed by atoms with Crippen molar-refractivity contribution in [1.29, 1.82) is 0 Å². The van der Waals surface area contributed by atoms with Crippen LogP contribution < -0.4 is 0 Å². The summed E-state index contributed by atoms with van der Waals surface area (Å²) in [6.45, 7) is 0. The van der Waals surface area contributed by atoms with E-state index in [4.69, 9.17) is 0 Å². The van der Waals surface area contributed by atoms with Crippen LogP contribution in [0.5, 0.6) is 0 Å². The molecule has 0 heterocycles. The van der Waals surface area contributed by atoms with Crippen molar-refractivity contribution in [2.24, 2.45) is 0 Å². The zero-order valence-corrected chi connectivity index (χ0v) is 13.9. The molecule has 0 saturated heterocycles. The molecular weight excluding hydrogens is 580 g/mol. The summed E-state index contributed by atoms with van der Waals surface area (Å²) in [7, 11) is 0. The van der Waals surface area contributed by atoms with E-state index < -0.39 is 0.665 Å². The third kappa shape index (κ3) is 43.6. The molecule has 0 rings (SSSR count). The van der Waals surface area contributed by atoms with Crippen molar-refractivity contribution in [1.82, 2.24) is 0 Å². The van der Waals surface area contributed by atoms with E-state index >= 15 is 0 Å². The van der Waals surface area contributed by atoms with Gasteiger partial charge in [0.25, 0.3) is 0 Å². The van der Waals surface area contributed by atoms with Crippen molar-refractivity contribution in [3.05, 3.63) is 0 Å². The fraction of sp³-hybridized carbons (Fsp3) is 0. The molecule has 0 amide bonds. The van der Waals surface area contributed by atoms with Gasteiger partial charge in [-0.2, -0.15) is 0 Å². The molecule has 0 aliphatic carbocycles. The Morgan fingerprint density at radius 2 is 0.571 bits per heavy atom. The van der Waals surface area contributed by atoms with E-state index in [9.17, 15) is 0 Å². The van der Waals surface area contributed by atoms with Crippen molar-refractivity contribution >= 4 is 81.7 Å². The number of rotatable bonds is 0. The van der Waals surface area contributed by atoms with Gasteiger partial charge < -0.3 is 0 Å². The monoisotopic (exact) mass is 575 g/mol. The molecule has 0 aromatic rings. The molecule has 0 fully saturated rings. The molecule has 0 saturated carbocycles. The molecule has 0 unspecified atom stereocenters. The molecule has 0 nitrogen and oxygen atoms in total. The maximum absolute atomic E-state index is 3.34. The number of halogens is 6. The Bertz CT molecular complexity index is 62.7. The van der Waals surface area contributed by atoms with Gasteiger partial charge in [-0.25, -0.2) is 0 Å². The predicted octanol–water partition coefficient (Wildman–Crippen LogP) is 5.07. The van der Waals surface area contributed by atoms with Gasteiger partial charge in [-0.05, 0) is 0 Å². The molecule has 52 valence electrons. The standard InChI is InChI=1S/6BrH.Ru/h6*1H;/q;;;;;;+4/p-6. The summed E-state index contributed by atoms with van der Waals surface area (Å²) in [6, 6.07) is 0. The number of hydrogen-bond acceptors (Lipinski definition) is 0. The van der Waals surface area contributed by atoms with Crippen molar-refractivity contribution in [3.63, 3.8) is 0 Å². The van der Waals surface area contributed by atoms with Gasteiger partial charge >= 0.3 is 82.4 Å². The van der Waals surface area contributed by atoms with E-state index in [0.717, 1.165) is 0 Å². The maximum atomic E-state index is 3.34. The summed E-state index contributed by atoms with van der Waals surface area (Å²) >= 11 is 20.1. The normalized spacial score (nSPS) is 23.1. The van der Waals surface area contributed by atoms with Crippen LogP contribution in [0.25, 0.3) is 0 Å². The third-order valence-corrected chi connectivity index (χ3v) is 0. The Morgan fingerprint density at radius 3 is 0.571 bits per heavy atom.